The molecule has 0 heteroatoms. The van der Waals surface area contributed by atoms with E-state index in [1.54, 1.807) is 0 Å². The average molecular weight is 116 g/mol. The molecule has 0 amide bonds. The summed E-state index contributed by atoms with van der Waals surface area (Å²) in [6, 6.07) is 11.5. The van der Waals surface area contributed by atoms with Gasteiger partial charge in [-0.05, 0) is 24.1 Å². The highest BCUT2D eigenvalue weighted by Gasteiger charge is 1.82. The van der Waals surface area contributed by atoms with E-state index in [0.29, 0.717) is 0 Å². The summed E-state index contributed by atoms with van der Waals surface area (Å²) in [6.07, 6.45) is 2.80. The molecule has 44 valence electrons. The summed E-state index contributed by atoms with van der Waals surface area (Å²) in [5.74, 6) is 0. The molecule has 0 spiro atoms. The molecule has 0 aliphatic rings. The van der Waals surface area contributed by atoms with Crippen LogP contribution >= 0.6 is 0 Å². The fraction of sp³-hybridized carbons (Fsp3) is 0.111. The lowest BCUT2D eigenvalue weighted by Crippen LogP contribution is -1.76. The second-order valence-corrected chi connectivity index (χ2v) is 1.83. The van der Waals surface area contributed by atoms with Crippen LogP contribution in [0.15, 0.2) is 30.9 Å². The first-order valence-corrected chi connectivity index (χ1v) is 2.91. The van der Waals surface area contributed by atoms with Crippen LogP contribution in [0.2, 0.25) is 0 Å². The van der Waals surface area contributed by atoms with Crippen molar-refractivity contribution in [3.8, 4) is 0 Å². The molecule has 0 N–H and O–H groups in total. The minimum atomic E-state index is 0.922. The van der Waals surface area contributed by atoms with E-state index in [9.17, 15) is 0 Å². The van der Waals surface area contributed by atoms with Crippen molar-refractivity contribution < 1.29 is 0 Å². The number of hydrogen-bond acceptors (Lipinski definition) is 0. The number of benzene rings is 1. The van der Waals surface area contributed by atoms with Crippen molar-refractivity contribution in [1.29, 1.82) is 0 Å². The second-order valence-electron chi connectivity index (χ2n) is 1.83. The van der Waals surface area contributed by atoms with E-state index in [2.05, 4.69) is 18.7 Å². The van der Waals surface area contributed by atoms with E-state index in [4.69, 9.17) is 0 Å². The van der Waals surface area contributed by atoms with Crippen LogP contribution in [0.1, 0.15) is 5.56 Å². The van der Waals surface area contributed by atoms with Gasteiger partial charge < -0.3 is 0 Å². The standard InChI is InChI=1S/C9H8/c1-2-6-9-7-4-3-5-8-9/h2,4,7-8H,1,6H2. The van der Waals surface area contributed by atoms with Crippen molar-refractivity contribution in [3.05, 3.63) is 48.6 Å². The molecular formula is C9H8. The van der Waals surface area contributed by atoms with Crippen LogP contribution in [0.25, 0.3) is 0 Å². The highest BCUT2D eigenvalue weighted by molar-refractivity contribution is 5.15. The first-order valence-electron chi connectivity index (χ1n) is 2.91. The molecule has 0 unspecified atom stereocenters. The minimum absolute atomic E-state index is 0.922. The maximum absolute atomic E-state index is 3.63. The Morgan fingerprint density at radius 3 is 3.00 bits per heavy atom. The molecule has 0 nitrogen and oxygen atoms in total. The lowest BCUT2D eigenvalue weighted by atomic mass is 10.2. The van der Waals surface area contributed by atoms with Gasteiger partial charge in [0.1, 0.15) is 0 Å². The number of allylic oxidation sites excluding steroid dienone is 1. The van der Waals surface area contributed by atoms with Gasteiger partial charge in [-0.15, -0.1) is 6.58 Å². The van der Waals surface area contributed by atoms with Crippen molar-refractivity contribution in [3.63, 3.8) is 0 Å². The molecule has 0 aromatic heterocycles. The summed E-state index contributed by atoms with van der Waals surface area (Å²) in [7, 11) is 0. The molecule has 2 radical (unpaired) electrons. The minimum Gasteiger partial charge on any atom is -0.103 e. The maximum atomic E-state index is 3.63. The molecular weight excluding hydrogens is 108 g/mol. The van der Waals surface area contributed by atoms with Crippen LogP contribution in [-0.4, -0.2) is 0 Å². The fourth-order valence-electron chi connectivity index (χ4n) is 0.673. The van der Waals surface area contributed by atoms with Gasteiger partial charge in [-0.1, -0.05) is 24.3 Å². The molecule has 0 heterocycles. The number of rotatable bonds is 2. The molecule has 0 saturated heterocycles. The van der Waals surface area contributed by atoms with E-state index >= 15 is 0 Å². The molecule has 0 fully saturated rings. The highest BCUT2D eigenvalue weighted by atomic mass is 13.9. The van der Waals surface area contributed by atoms with Crippen LogP contribution in [0.3, 0.4) is 0 Å². The van der Waals surface area contributed by atoms with Crippen molar-refractivity contribution in [2.24, 2.45) is 0 Å². The maximum Gasteiger partial charge on any atom is -0.00960 e. The number of hydrogen-bond donors (Lipinski definition) is 0. The van der Waals surface area contributed by atoms with Gasteiger partial charge in [-0.25, -0.2) is 0 Å². The van der Waals surface area contributed by atoms with E-state index < -0.39 is 0 Å². The van der Waals surface area contributed by atoms with Gasteiger partial charge in [-0.2, -0.15) is 0 Å². The first-order chi connectivity index (χ1) is 4.43. The lowest BCUT2D eigenvalue weighted by Gasteiger charge is -1.90. The van der Waals surface area contributed by atoms with E-state index in [-0.39, 0.29) is 0 Å². The zero-order valence-corrected chi connectivity index (χ0v) is 5.22. The second kappa shape index (κ2) is 3.08. The topological polar surface area (TPSA) is 0 Å². The summed E-state index contributed by atoms with van der Waals surface area (Å²) < 4.78 is 0. The Hall–Kier alpha value is -1.04. The molecule has 0 aliphatic heterocycles. The van der Waals surface area contributed by atoms with Gasteiger partial charge in [0, 0.05) is 0 Å². The summed E-state index contributed by atoms with van der Waals surface area (Å²) in [5, 5.41) is 0. The smallest absolute Gasteiger partial charge is 0.00960 e. The van der Waals surface area contributed by atoms with Crippen LogP contribution in [0.5, 0.6) is 0 Å². The normalized spacial score (nSPS) is 8.89. The molecule has 1 rings (SSSR count). The van der Waals surface area contributed by atoms with Crippen LogP contribution in [-0.2, 0) is 6.42 Å². The predicted octanol–water partition coefficient (Wildman–Crippen LogP) is 2.02. The zero-order valence-electron chi connectivity index (χ0n) is 5.22. The molecule has 9 heavy (non-hydrogen) atoms. The SMILES string of the molecule is C=CCc1c[c][c]cc1. The van der Waals surface area contributed by atoms with Crippen molar-refractivity contribution in [2.45, 2.75) is 6.42 Å². The van der Waals surface area contributed by atoms with Gasteiger partial charge in [0.2, 0.25) is 0 Å². The molecule has 1 aromatic carbocycles. The fourth-order valence-corrected chi connectivity index (χ4v) is 0.673. The highest BCUT2D eigenvalue weighted by Crippen LogP contribution is 1.97. The van der Waals surface area contributed by atoms with Crippen molar-refractivity contribution >= 4 is 0 Å². The van der Waals surface area contributed by atoms with E-state index in [0.717, 1.165) is 6.42 Å². The van der Waals surface area contributed by atoms with Gasteiger partial charge in [0.05, 0.1) is 0 Å². The van der Waals surface area contributed by atoms with Gasteiger partial charge in [0.25, 0.3) is 0 Å². The average Bonchev–Trinajstić information content (AvgIpc) is 1.91. The molecule has 1 aromatic rings. The third kappa shape index (κ3) is 1.73. The third-order valence-electron chi connectivity index (χ3n) is 1.10. The Balaban J connectivity index is 2.72. The van der Waals surface area contributed by atoms with Crippen LogP contribution in [0, 0.1) is 12.1 Å². The summed E-state index contributed by atoms with van der Waals surface area (Å²) in [5.41, 5.74) is 1.24. The van der Waals surface area contributed by atoms with Crippen LogP contribution in [0.4, 0.5) is 0 Å². The molecule has 0 saturated carbocycles. The van der Waals surface area contributed by atoms with Gasteiger partial charge in [-0.3, -0.25) is 0 Å². The molecule has 0 atom stereocenters. The first kappa shape index (κ1) is 6.09. The quantitative estimate of drug-likeness (QED) is 0.518. The Morgan fingerprint density at radius 2 is 2.44 bits per heavy atom. The molecule has 0 aliphatic carbocycles. The third-order valence-corrected chi connectivity index (χ3v) is 1.10. The van der Waals surface area contributed by atoms with E-state index in [1.165, 1.54) is 5.56 Å². The Bertz CT molecular complexity index is 174. The van der Waals surface area contributed by atoms with E-state index in [1.807, 2.05) is 24.3 Å². The zero-order chi connectivity index (χ0) is 6.53. The van der Waals surface area contributed by atoms with Crippen molar-refractivity contribution in [2.75, 3.05) is 0 Å². The van der Waals surface area contributed by atoms with Crippen molar-refractivity contribution in [1.82, 2.24) is 0 Å². The Labute approximate surface area is 55.8 Å². The largest absolute Gasteiger partial charge is 0.103 e. The van der Waals surface area contributed by atoms with Gasteiger partial charge >= 0.3 is 0 Å². The summed E-state index contributed by atoms with van der Waals surface area (Å²) in [6.45, 7) is 3.63. The van der Waals surface area contributed by atoms with Crippen LogP contribution < -0.4 is 0 Å². The van der Waals surface area contributed by atoms with Gasteiger partial charge in [0.15, 0.2) is 0 Å². The summed E-state index contributed by atoms with van der Waals surface area (Å²) >= 11 is 0. The Kier molecular flexibility index (Phi) is 2.08. The monoisotopic (exact) mass is 116 g/mol. The molecule has 0 bridgehead atoms. The predicted molar refractivity (Wildman–Crippen MR) is 38.0 cm³/mol. The lowest BCUT2D eigenvalue weighted by molar-refractivity contribution is 1.27. The summed E-state index contributed by atoms with van der Waals surface area (Å²) in [4.78, 5) is 0. The Morgan fingerprint density at radius 1 is 1.56 bits per heavy atom.